The second kappa shape index (κ2) is 8.96. The molecule has 0 bridgehead atoms. The van der Waals surface area contributed by atoms with Gasteiger partial charge in [-0.2, -0.15) is 0 Å². The van der Waals surface area contributed by atoms with E-state index in [1.54, 1.807) is 0 Å². The summed E-state index contributed by atoms with van der Waals surface area (Å²) in [5.41, 5.74) is 3.15. The van der Waals surface area contributed by atoms with E-state index in [9.17, 15) is 9.59 Å². The topological polar surface area (TPSA) is 68.9 Å². The Kier molecular flexibility index (Phi) is 5.75. The molecule has 0 unspecified atom stereocenters. The van der Waals surface area contributed by atoms with E-state index in [-0.39, 0.29) is 18.0 Å². The first-order valence-corrected chi connectivity index (χ1v) is 13.2. The number of aromatic amines is 1. The molecule has 0 aliphatic carbocycles. The number of nitrogens with one attached hydrogen (secondary N) is 1. The van der Waals surface area contributed by atoms with Gasteiger partial charge in [0, 0.05) is 29.6 Å². The summed E-state index contributed by atoms with van der Waals surface area (Å²) in [5.74, 6) is 0.726. The lowest BCUT2D eigenvalue weighted by molar-refractivity contribution is -0.133. The molecule has 188 valence electrons. The molecule has 3 aliphatic heterocycles. The molecule has 1 aromatic heterocycles. The van der Waals surface area contributed by atoms with Gasteiger partial charge in [-0.3, -0.25) is 14.6 Å². The summed E-state index contributed by atoms with van der Waals surface area (Å²) in [6.45, 7) is 8.14. The molecule has 3 aliphatic rings. The maximum absolute atomic E-state index is 13.9. The van der Waals surface area contributed by atoms with Crippen molar-refractivity contribution in [3.05, 3.63) is 65.4 Å². The molecule has 0 spiro atoms. The van der Waals surface area contributed by atoms with Crippen LogP contribution >= 0.6 is 0 Å². The zero-order chi connectivity index (χ0) is 24.9. The summed E-state index contributed by atoms with van der Waals surface area (Å²) in [6.07, 6.45) is 3.77. The normalized spacial score (nSPS) is 24.0. The Morgan fingerprint density at radius 2 is 1.83 bits per heavy atom. The summed E-state index contributed by atoms with van der Waals surface area (Å²) in [7, 11) is 0. The Morgan fingerprint density at radius 3 is 2.58 bits per heavy atom. The number of likely N-dealkylation sites (tertiary alicyclic amines) is 1. The fourth-order valence-corrected chi connectivity index (χ4v) is 6.39. The average molecular weight is 487 g/mol. The highest BCUT2D eigenvalue weighted by Crippen LogP contribution is 2.49. The third-order valence-electron chi connectivity index (χ3n) is 8.12. The van der Waals surface area contributed by atoms with Crippen molar-refractivity contribution in [1.82, 2.24) is 19.7 Å². The Balaban J connectivity index is 1.40. The minimum absolute atomic E-state index is 0.0872. The quantitative estimate of drug-likeness (QED) is 0.491. The number of amides is 3. The molecule has 7 nitrogen and oxygen atoms in total. The van der Waals surface area contributed by atoms with Crippen molar-refractivity contribution in [3.8, 4) is 5.75 Å². The van der Waals surface area contributed by atoms with E-state index in [1.807, 2.05) is 61.2 Å². The number of benzene rings is 2. The zero-order valence-electron chi connectivity index (χ0n) is 21.1. The van der Waals surface area contributed by atoms with E-state index in [0.29, 0.717) is 19.6 Å². The van der Waals surface area contributed by atoms with Gasteiger partial charge in [-0.1, -0.05) is 30.3 Å². The van der Waals surface area contributed by atoms with Gasteiger partial charge in [-0.15, -0.1) is 0 Å². The lowest BCUT2D eigenvalue weighted by Gasteiger charge is -2.42. The number of fused-ring (bicyclic) bond motifs is 4. The van der Waals surface area contributed by atoms with E-state index in [4.69, 9.17) is 4.74 Å². The first kappa shape index (κ1) is 23.1. The molecule has 1 N–H and O–H groups in total. The first-order chi connectivity index (χ1) is 17.5. The lowest BCUT2D eigenvalue weighted by Crippen LogP contribution is -2.53. The third kappa shape index (κ3) is 3.60. The Bertz CT molecular complexity index is 1300. The number of hydrogen-bond acceptors (Lipinski definition) is 4. The van der Waals surface area contributed by atoms with Crippen LogP contribution in [0.3, 0.4) is 0 Å². The Morgan fingerprint density at radius 1 is 1.06 bits per heavy atom. The van der Waals surface area contributed by atoms with Crippen LogP contribution in [-0.4, -0.2) is 69.9 Å². The van der Waals surface area contributed by atoms with Crippen LogP contribution < -0.4 is 4.74 Å². The minimum Gasteiger partial charge on any atom is -0.494 e. The van der Waals surface area contributed by atoms with Gasteiger partial charge in [0.1, 0.15) is 17.3 Å². The number of H-pyrrole nitrogens is 1. The monoisotopic (exact) mass is 486 g/mol. The molecule has 0 radical (unpaired) electrons. The van der Waals surface area contributed by atoms with E-state index in [2.05, 4.69) is 16.0 Å². The number of nitrogens with zero attached hydrogens (tertiary/aromatic N) is 3. The zero-order valence-corrected chi connectivity index (χ0v) is 21.1. The largest absolute Gasteiger partial charge is 0.494 e. The van der Waals surface area contributed by atoms with Gasteiger partial charge in [0.25, 0.3) is 5.91 Å². The van der Waals surface area contributed by atoms with Crippen LogP contribution in [0.5, 0.6) is 5.75 Å². The molecule has 7 heteroatoms. The van der Waals surface area contributed by atoms with Crippen molar-refractivity contribution in [2.45, 2.75) is 51.1 Å². The molecule has 3 aromatic rings. The fourth-order valence-electron chi connectivity index (χ4n) is 6.39. The van der Waals surface area contributed by atoms with Crippen molar-refractivity contribution < 1.29 is 14.3 Å². The van der Waals surface area contributed by atoms with E-state index in [1.165, 1.54) is 17.7 Å². The molecule has 2 aromatic carbocycles. The van der Waals surface area contributed by atoms with Gasteiger partial charge in [-0.25, -0.2) is 4.79 Å². The average Bonchev–Trinajstić information content (AvgIpc) is 3.57. The minimum atomic E-state index is -0.936. The van der Waals surface area contributed by atoms with Crippen LogP contribution in [0.1, 0.15) is 56.0 Å². The number of urea groups is 1. The number of aromatic nitrogens is 1. The number of ether oxygens (including phenoxy) is 1. The van der Waals surface area contributed by atoms with Gasteiger partial charge in [-0.05, 0) is 82.1 Å². The standard InChI is InChI=1S/C29H34N4O3/c1-3-36-21-12-13-24-22(18-21)23-19-29(2)27(34)32(17-9-16-31-14-7-8-15-31)28(35)33(29)26(25(23)30-24)20-10-5-4-6-11-20/h4-6,10-13,18,26,30H,3,7-9,14-17,19H2,1-2H3/t26-,29+/m1/s1. The van der Waals surface area contributed by atoms with Crippen LogP contribution in [0, 0.1) is 0 Å². The van der Waals surface area contributed by atoms with Gasteiger partial charge in [0.05, 0.1) is 6.61 Å². The van der Waals surface area contributed by atoms with Crippen molar-refractivity contribution in [2.24, 2.45) is 0 Å². The predicted octanol–water partition coefficient (Wildman–Crippen LogP) is 4.72. The maximum Gasteiger partial charge on any atom is 0.328 e. The highest BCUT2D eigenvalue weighted by Gasteiger charge is 2.60. The van der Waals surface area contributed by atoms with E-state index in [0.717, 1.165) is 59.5 Å². The van der Waals surface area contributed by atoms with E-state index >= 15 is 0 Å². The number of carbonyl (C=O) groups is 2. The summed E-state index contributed by atoms with van der Waals surface area (Å²) in [5, 5.41) is 1.06. The summed E-state index contributed by atoms with van der Waals surface area (Å²) < 4.78 is 5.78. The molecular formula is C29H34N4O3. The SMILES string of the molecule is CCOc1ccc2[nH]c3c(c2c1)C[C@@]1(C)C(=O)N(CCCN2CCCC2)C(=O)N1[C@@H]3c1ccccc1. The number of hydrogen-bond donors (Lipinski definition) is 1. The van der Waals surface area contributed by atoms with Gasteiger partial charge >= 0.3 is 6.03 Å². The third-order valence-corrected chi connectivity index (χ3v) is 8.12. The Hall–Kier alpha value is -3.32. The number of imide groups is 1. The second-order valence-electron chi connectivity index (χ2n) is 10.4. The molecule has 4 heterocycles. The van der Waals surface area contributed by atoms with Gasteiger partial charge < -0.3 is 14.6 Å². The Labute approximate surface area is 212 Å². The fraction of sp³-hybridized carbons (Fsp3) is 0.448. The molecule has 3 amide bonds. The highest BCUT2D eigenvalue weighted by molar-refractivity contribution is 6.08. The van der Waals surface area contributed by atoms with Crippen molar-refractivity contribution in [2.75, 3.05) is 32.8 Å². The predicted molar refractivity (Wildman–Crippen MR) is 139 cm³/mol. The lowest BCUT2D eigenvalue weighted by atomic mass is 9.81. The first-order valence-electron chi connectivity index (χ1n) is 13.2. The van der Waals surface area contributed by atoms with Gasteiger partial charge in [0.2, 0.25) is 0 Å². The summed E-state index contributed by atoms with van der Waals surface area (Å²) in [6, 6.07) is 15.6. The maximum atomic E-state index is 13.9. The van der Waals surface area contributed by atoms with Crippen molar-refractivity contribution in [1.29, 1.82) is 0 Å². The van der Waals surface area contributed by atoms with Crippen LogP contribution in [0.25, 0.3) is 10.9 Å². The molecule has 2 saturated heterocycles. The molecule has 36 heavy (non-hydrogen) atoms. The highest BCUT2D eigenvalue weighted by atomic mass is 16.5. The van der Waals surface area contributed by atoms with E-state index < -0.39 is 5.54 Å². The van der Waals surface area contributed by atoms with Crippen LogP contribution in [-0.2, 0) is 11.2 Å². The van der Waals surface area contributed by atoms with Crippen LogP contribution in [0.2, 0.25) is 0 Å². The second-order valence-corrected chi connectivity index (χ2v) is 10.4. The molecule has 6 rings (SSSR count). The number of carbonyl (C=O) groups excluding carboxylic acids is 2. The molecule has 0 saturated carbocycles. The van der Waals surface area contributed by atoms with Crippen molar-refractivity contribution in [3.63, 3.8) is 0 Å². The van der Waals surface area contributed by atoms with Crippen LogP contribution in [0.15, 0.2) is 48.5 Å². The molecule has 2 atom stereocenters. The summed E-state index contributed by atoms with van der Waals surface area (Å²) in [4.78, 5) is 37.2. The van der Waals surface area contributed by atoms with Crippen molar-refractivity contribution >= 4 is 22.8 Å². The summed E-state index contributed by atoms with van der Waals surface area (Å²) >= 11 is 0. The van der Waals surface area contributed by atoms with Gasteiger partial charge in [0.15, 0.2) is 0 Å². The molecule has 2 fully saturated rings. The number of rotatable bonds is 7. The van der Waals surface area contributed by atoms with Crippen LogP contribution in [0.4, 0.5) is 4.79 Å². The smallest absolute Gasteiger partial charge is 0.328 e. The molecular weight excluding hydrogens is 452 g/mol.